The Hall–Kier alpha value is -5.32. The van der Waals surface area contributed by atoms with Gasteiger partial charge in [0.1, 0.15) is 36.6 Å². The van der Waals surface area contributed by atoms with Gasteiger partial charge in [-0.15, -0.1) is 0 Å². The van der Waals surface area contributed by atoms with E-state index >= 15 is 0 Å². The Morgan fingerprint density at radius 1 is 0.450 bits per heavy atom. The Labute approximate surface area is 347 Å². The minimum atomic E-state index is -1.86. The molecule has 7 rings (SSSR count). The molecule has 0 amide bonds. The molecule has 2 saturated heterocycles. The van der Waals surface area contributed by atoms with Crippen molar-refractivity contribution in [2.24, 2.45) is 0 Å². The molecule has 13 nitrogen and oxygen atoms in total. The minimum absolute atomic E-state index is 0.0272. The molecule has 0 unspecified atom stereocenters. The molecule has 3 N–H and O–H groups in total. The maximum atomic E-state index is 13.3. The van der Waals surface area contributed by atoms with Crippen molar-refractivity contribution in [3.05, 3.63) is 179 Å². The van der Waals surface area contributed by atoms with Crippen molar-refractivity contribution in [3.8, 4) is 0 Å². The smallest absolute Gasteiger partial charge is 0.338 e. The van der Waals surface area contributed by atoms with E-state index in [1.165, 1.54) is 24.3 Å². The molecule has 60 heavy (non-hydrogen) atoms. The van der Waals surface area contributed by atoms with Crippen LogP contribution < -0.4 is 0 Å². The molecule has 0 spiro atoms. The summed E-state index contributed by atoms with van der Waals surface area (Å²) >= 11 is 0. The normalized spacial score (nSPS) is 26.5. The molecule has 2 aliphatic heterocycles. The highest BCUT2D eigenvalue weighted by Crippen LogP contribution is 2.32. The highest BCUT2D eigenvalue weighted by molar-refractivity contribution is 5.90. The van der Waals surface area contributed by atoms with Crippen LogP contribution in [0, 0.1) is 0 Å². The number of hydrogen-bond acceptors (Lipinski definition) is 13. The van der Waals surface area contributed by atoms with Crippen LogP contribution in [-0.4, -0.2) is 102 Å². The number of aliphatic hydroxyl groups excluding tert-OH is 3. The Balaban J connectivity index is 1.10. The minimum Gasteiger partial charge on any atom is -0.452 e. The standard InChI is InChI=1S/C47H48O13/c48-38-36(57-46(52)43(60-45(51)35-24-14-5-15-25-35)42(38)59-44(50)34-22-12-4-13-23-34)30-56-47-39(49)41(55-28-33-20-10-3-11-21-33)40(54-27-32-18-8-2-9-19-32)37(58-47)29-53-26-31-16-6-1-7-17-31/h1-25,36-43,46-49,52H,26-30H2/t36-,37+,38-,39-,40+,41+,42+,43-,46-,47+/m1/s1. The molecule has 5 aromatic rings. The lowest BCUT2D eigenvalue weighted by Gasteiger charge is -2.45. The summed E-state index contributed by atoms with van der Waals surface area (Å²) in [4.78, 5) is 26.4. The third kappa shape index (κ3) is 11.3. The number of carbonyl (C=O) groups excluding carboxylic acids is 2. The van der Waals surface area contributed by atoms with E-state index in [9.17, 15) is 24.9 Å². The van der Waals surface area contributed by atoms with Gasteiger partial charge in [-0.2, -0.15) is 0 Å². The van der Waals surface area contributed by atoms with Crippen LogP contribution in [0.4, 0.5) is 0 Å². The Morgan fingerprint density at radius 2 is 0.900 bits per heavy atom. The van der Waals surface area contributed by atoms with E-state index in [1.807, 2.05) is 91.0 Å². The average Bonchev–Trinajstić information content (AvgIpc) is 3.29. The van der Waals surface area contributed by atoms with Crippen molar-refractivity contribution in [2.45, 2.75) is 81.2 Å². The van der Waals surface area contributed by atoms with Gasteiger partial charge in [-0.25, -0.2) is 9.59 Å². The number of rotatable bonds is 17. The zero-order valence-electron chi connectivity index (χ0n) is 32.7. The van der Waals surface area contributed by atoms with Crippen LogP contribution in [0.15, 0.2) is 152 Å². The first-order valence-corrected chi connectivity index (χ1v) is 19.8. The number of esters is 2. The summed E-state index contributed by atoms with van der Waals surface area (Å²) in [5, 5.41) is 34.9. The Kier molecular flexibility index (Phi) is 15.2. The molecule has 314 valence electrons. The number of aliphatic hydroxyl groups is 3. The summed E-state index contributed by atoms with van der Waals surface area (Å²) in [6.07, 6.45) is -13.6. The van der Waals surface area contributed by atoms with E-state index in [0.29, 0.717) is 0 Å². The zero-order chi connectivity index (χ0) is 41.7. The summed E-state index contributed by atoms with van der Waals surface area (Å²) in [5.74, 6) is -1.67. The van der Waals surface area contributed by atoms with Gasteiger partial charge in [-0.1, -0.05) is 127 Å². The molecule has 13 heteroatoms. The fourth-order valence-electron chi connectivity index (χ4n) is 6.99. The van der Waals surface area contributed by atoms with Crippen molar-refractivity contribution in [3.63, 3.8) is 0 Å². The van der Waals surface area contributed by atoms with Gasteiger partial charge in [-0.3, -0.25) is 0 Å². The predicted octanol–water partition coefficient (Wildman–Crippen LogP) is 5.01. The molecule has 0 aliphatic carbocycles. The molecular formula is C47H48O13. The fourth-order valence-corrected chi connectivity index (χ4v) is 6.99. The molecule has 2 aliphatic rings. The predicted molar refractivity (Wildman–Crippen MR) is 215 cm³/mol. The number of ether oxygens (including phenoxy) is 8. The van der Waals surface area contributed by atoms with Crippen molar-refractivity contribution in [1.29, 1.82) is 0 Å². The second-order valence-electron chi connectivity index (χ2n) is 14.4. The molecule has 0 aromatic heterocycles. The summed E-state index contributed by atoms with van der Waals surface area (Å²) in [6, 6.07) is 44.7. The molecule has 10 atom stereocenters. The van der Waals surface area contributed by atoms with Crippen LogP contribution in [0.5, 0.6) is 0 Å². The molecule has 2 heterocycles. The monoisotopic (exact) mass is 820 g/mol. The molecule has 0 bridgehead atoms. The molecule has 0 radical (unpaired) electrons. The van der Waals surface area contributed by atoms with Crippen LogP contribution in [0.25, 0.3) is 0 Å². The van der Waals surface area contributed by atoms with Crippen LogP contribution in [0.2, 0.25) is 0 Å². The first-order chi connectivity index (χ1) is 29.3. The van der Waals surface area contributed by atoms with E-state index in [2.05, 4.69) is 0 Å². The summed E-state index contributed by atoms with van der Waals surface area (Å²) < 4.78 is 48.6. The van der Waals surface area contributed by atoms with Gasteiger partial charge < -0.3 is 53.2 Å². The van der Waals surface area contributed by atoms with Gasteiger partial charge in [-0.05, 0) is 41.0 Å². The van der Waals surface area contributed by atoms with Crippen molar-refractivity contribution < 1.29 is 62.8 Å². The van der Waals surface area contributed by atoms with Crippen LogP contribution in [0.1, 0.15) is 37.4 Å². The van der Waals surface area contributed by atoms with E-state index in [1.54, 1.807) is 36.4 Å². The Bertz CT molecular complexity index is 2040. The summed E-state index contributed by atoms with van der Waals surface area (Å²) in [5.41, 5.74) is 3.03. The van der Waals surface area contributed by atoms with E-state index in [0.717, 1.165) is 16.7 Å². The largest absolute Gasteiger partial charge is 0.452 e. The SMILES string of the molecule is O=C(O[C@@H]1[C@@H](OC(=O)c2ccccc2)[C@H](O)[C@@H](CO[C@H]2O[C@@H](COCc3ccccc3)[C@H](OCc3ccccc3)[C@@H](OCc3ccccc3)[C@H]2O)O[C@H]1O)c1ccccc1. The van der Waals surface area contributed by atoms with Crippen molar-refractivity contribution >= 4 is 11.9 Å². The van der Waals surface area contributed by atoms with Gasteiger partial charge in [0.05, 0.1) is 44.2 Å². The molecular weight excluding hydrogens is 773 g/mol. The third-order valence-corrected chi connectivity index (χ3v) is 10.1. The third-order valence-electron chi connectivity index (χ3n) is 10.1. The van der Waals surface area contributed by atoms with Gasteiger partial charge in [0.2, 0.25) is 0 Å². The Morgan fingerprint density at radius 3 is 1.42 bits per heavy atom. The quantitative estimate of drug-likeness (QED) is 0.107. The first-order valence-electron chi connectivity index (χ1n) is 19.8. The maximum absolute atomic E-state index is 13.3. The van der Waals surface area contributed by atoms with Crippen LogP contribution in [-0.2, 0) is 57.7 Å². The summed E-state index contributed by atoms with van der Waals surface area (Å²) in [7, 11) is 0. The van der Waals surface area contributed by atoms with E-state index < -0.39 is 80.0 Å². The second-order valence-corrected chi connectivity index (χ2v) is 14.4. The molecule has 0 saturated carbocycles. The van der Waals surface area contributed by atoms with Gasteiger partial charge in [0.25, 0.3) is 0 Å². The van der Waals surface area contributed by atoms with E-state index in [-0.39, 0.29) is 37.6 Å². The highest BCUT2D eigenvalue weighted by atomic mass is 16.7. The lowest BCUT2D eigenvalue weighted by molar-refractivity contribution is -0.335. The first kappa shape index (κ1) is 42.8. The lowest BCUT2D eigenvalue weighted by Crippen LogP contribution is -2.63. The van der Waals surface area contributed by atoms with Crippen LogP contribution >= 0.6 is 0 Å². The lowest BCUT2D eigenvalue weighted by atomic mass is 9.97. The maximum Gasteiger partial charge on any atom is 0.338 e. The highest BCUT2D eigenvalue weighted by Gasteiger charge is 2.52. The fraction of sp³-hybridized carbons (Fsp3) is 0.319. The number of carbonyl (C=O) groups is 2. The van der Waals surface area contributed by atoms with Gasteiger partial charge in [0.15, 0.2) is 24.8 Å². The van der Waals surface area contributed by atoms with Gasteiger partial charge in [0, 0.05) is 0 Å². The van der Waals surface area contributed by atoms with Gasteiger partial charge >= 0.3 is 11.9 Å². The van der Waals surface area contributed by atoms with Crippen LogP contribution in [0.3, 0.4) is 0 Å². The van der Waals surface area contributed by atoms with Crippen molar-refractivity contribution in [1.82, 2.24) is 0 Å². The zero-order valence-corrected chi connectivity index (χ0v) is 32.7. The topological polar surface area (TPSA) is 169 Å². The van der Waals surface area contributed by atoms with Crippen molar-refractivity contribution in [2.75, 3.05) is 13.2 Å². The second kappa shape index (κ2) is 21.3. The number of hydrogen-bond donors (Lipinski definition) is 3. The molecule has 5 aromatic carbocycles. The molecule has 2 fully saturated rings. The number of benzene rings is 5. The van der Waals surface area contributed by atoms with E-state index in [4.69, 9.17) is 37.9 Å². The summed E-state index contributed by atoms with van der Waals surface area (Å²) in [6.45, 7) is 0.143. The average molecular weight is 821 g/mol.